The molecule has 1 aliphatic heterocycles. The number of aromatic nitrogens is 1. The fourth-order valence-electron chi connectivity index (χ4n) is 3.26. The number of phenolic OH excluding ortho intramolecular Hbond substituents is 1. The quantitative estimate of drug-likeness (QED) is 0.846. The highest BCUT2D eigenvalue weighted by atomic mass is 16.3. The maximum absolute atomic E-state index is 12.7. The first kappa shape index (κ1) is 18.4. The topological polar surface area (TPSA) is 95.8 Å². The zero-order valence-electron chi connectivity index (χ0n) is 15.3. The summed E-state index contributed by atoms with van der Waals surface area (Å²) in [5.74, 6) is 0.424. The lowest BCUT2D eigenvalue weighted by Gasteiger charge is -2.34. The van der Waals surface area contributed by atoms with E-state index in [-0.39, 0.29) is 17.7 Å². The van der Waals surface area contributed by atoms with Gasteiger partial charge < -0.3 is 25.1 Å². The molecule has 1 amide bonds. The number of likely N-dealkylation sites (tertiary alicyclic amines) is 1. The lowest BCUT2D eigenvalue weighted by Crippen LogP contribution is -2.44. The molecule has 0 saturated carbocycles. The number of oxazole rings is 1. The molecule has 1 atom stereocenters. The number of aromatic hydroxyl groups is 1. The van der Waals surface area contributed by atoms with Gasteiger partial charge in [0.2, 0.25) is 5.89 Å². The van der Waals surface area contributed by atoms with Gasteiger partial charge in [-0.15, -0.1) is 0 Å². The van der Waals surface area contributed by atoms with Crippen LogP contribution in [-0.2, 0) is 6.42 Å². The van der Waals surface area contributed by atoms with Crippen LogP contribution in [-0.4, -0.2) is 59.0 Å². The SMILES string of the molecule is CN1CCC(N(C)C(=O)c2coc(C(N)Cc3ccc(O)cc3)n2)CC1. The van der Waals surface area contributed by atoms with Crippen LogP contribution >= 0.6 is 0 Å². The largest absolute Gasteiger partial charge is 0.508 e. The van der Waals surface area contributed by atoms with Crippen LogP contribution in [0.3, 0.4) is 0 Å². The second-order valence-electron chi connectivity index (χ2n) is 7.00. The van der Waals surface area contributed by atoms with E-state index in [9.17, 15) is 9.90 Å². The van der Waals surface area contributed by atoms with Crippen molar-refractivity contribution in [3.8, 4) is 5.75 Å². The third kappa shape index (κ3) is 4.23. The molecule has 1 fully saturated rings. The number of nitrogens with zero attached hydrogens (tertiary/aromatic N) is 3. The van der Waals surface area contributed by atoms with Gasteiger partial charge in [0.1, 0.15) is 12.0 Å². The number of hydrogen-bond donors (Lipinski definition) is 2. The van der Waals surface area contributed by atoms with Crippen molar-refractivity contribution in [2.45, 2.75) is 31.3 Å². The highest BCUT2D eigenvalue weighted by Crippen LogP contribution is 2.20. The Morgan fingerprint density at radius 1 is 1.38 bits per heavy atom. The van der Waals surface area contributed by atoms with E-state index in [1.54, 1.807) is 29.2 Å². The molecular weight excluding hydrogens is 332 g/mol. The molecule has 1 saturated heterocycles. The number of rotatable bonds is 5. The Hall–Kier alpha value is -2.38. The Labute approximate surface area is 153 Å². The van der Waals surface area contributed by atoms with Crippen LogP contribution in [0.5, 0.6) is 5.75 Å². The maximum atomic E-state index is 12.7. The summed E-state index contributed by atoms with van der Waals surface area (Å²) in [5.41, 5.74) is 7.42. The van der Waals surface area contributed by atoms with E-state index in [0.29, 0.717) is 18.0 Å². The van der Waals surface area contributed by atoms with Crippen LogP contribution < -0.4 is 5.73 Å². The molecule has 3 rings (SSSR count). The van der Waals surface area contributed by atoms with E-state index in [0.717, 1.165) is 31.5 Å². The summed E-state index contributed by atoms with van der Waals surface area (Å²) in [4.78, 5) is 21.0. The highest BCUT2D eigenvalue weighted by Gasteiger charge is 2.27. The molecule has 140 valence electrons. The molecule has 1 aromatic carbocycles. The fourth-order valence-corrected chi connectivity index (χ4v) is 3.26. The van der Waals surface area contributed by atoms with Gasteiger partial charge in [-0.1, -0.05) is 12.1 Å². The monoisotopic (exact) mass is 358 g/mol. The molecule has 7 nitrogen and oxygen atoms in total. The summed E-state index contributed by atoms with van der Waals surface area (Å²) in [5, 5.41) is 9.34. The molecular formula is C19H26N4O3. The Morgan fingerprint density at radius 2 is 2.04 bits per heavy atom. The molecule has 0 spiro atoms. The van der Waals surface area contributed by atoms with Crippen LogP contribution in [0.1, 0.15) is 40.8 Å². The van der Waals surface area contributed by atoms with Gasteiger partial charge in [-0.25, -0.2) is 4.98 Å². The van der Waals surface area contributed by atoms with Gasteiger partial charge >= 0.3 is 0 Å². The summed E-state index contributed by atoms with van der Waals surface area (Å²) in [6, 6.07) is 6.61. The van der Waals surface area contributed by atoms with Gasteiger partial charge in [-0.3, -0.25) is 4.79 Å². The first-order valence-electron chi connectivity index (χ1n) is 8.88. The van der Waals surface area contributed by atoms with Gasteiger partial charge in [-0.2, -0.15) is 0 Å². The number of phenols is 1. The zero-order valence-corrected chi connectivity index (χ0v) is 15.3. The predicted octanol–water partition coefficient (Wildman–Crippen LogP) is 1.79. The molecule has 0 bridgehead atoms. The van der Waals surface area contributed by atoms with Crippen molar-refractivity contribution in [3.63, 3.8) is 0 Å². The van der Waals surface area contributed by atoms with E-state index in [1.165, 1.54) is 6.26 Å². The lowest BCUT2D eigenvalue weighted by atomic mass is 10.0. The minimum Gasteiger partial charge on any atom is -0.508 e. The second kappa shape index (κ2) is 7.88. The number of hydrogen-bond acceptors (Lipinski definition) is 6. The molecule has 2 heterocycles. The van der Waals surface area contributed by atoms with E-state index in [1.807, 2.05) is 7.05 Å². The van der Waals surface area contributed by atoms with E-state index >= 15 is 0 Å². The van der Waals surface area contributed by atoms with Gasteiger partial charge in [0, 0.05) is 13.1 Å². The predicted molar refractivity (Wildman–Crippen MR) is 97.9 cm³/mol. The average molecular weight is 358 g/mol. The highest BCUT2D eigenvalue weighted by molar-refractivity contribution is 5.92. The molecule has 0 radical (unpaired) electrons. The van der Waals surface area contributed by atoms with Gasteiger partial charge in [-0.05, 0) is 57.1 Å². The van der Waals surface area contributed by atoms with Crippen molar-refractivity contribution in [1.82, 2.24) is 14.8 Å². The van der Waals surface area contributed by atoms with E-state index in [4.69, 9.17) is 10.2 Å². The Balaban J connectivity index is 1.62. The van der Waals surface area contributed by atoms with Crippen LogP contribution in [0.25, 0.3) is 0 Å². The van der Waals surface area contributed by atoms with Gasteiger partial charge in [0.25, 0.3) is 5.91 Å². The maximum Gasteiger partial charge on any atom is 0.275 e. The molecule has 0 aliphatic carbocycles. The molecule has 1 aromatic heterocycles. The number of piperidine rings is 1. The standard InChI is InChI=1S/C19H26N4O3/c1-22-9-7-14(8-10-22)23(2)19(25)17-12-26-18(21-17)16(20)11-13-3-5-15(24)6-4-13/h3-6,12,14,16,24H,7-11,20H2,1-2H3. The van der Waals surface area contributed by atoms with Gasteiger partial charge in [0.05, 0.1) is 6.04 Å². The van der Waals surface area contributed by atoms with Crippen molar-refractivity contribution < 1.29 is 14.3 Å². The van der Waals surface area contributed by atoms with Crippen molar-refractivity contribution >= 4 is 5.91 Å². The Morgan fingerprint density at radius 3 is 2.69 bits per heavy atom. The van der Waals surface area contributed by atoms with E-state index < -0.39 is 6.04 Å². The summed E-state index contributed by atoms with van der Waals surface area (Å²) in [6.45, 7) is 1.98. The fraction of sp³-hybridized carbons (Fsp3) is 0.474. The smallest absolute Gasteiger partial charge is 0.275 e. The van der Waals surface area contributed by atoms with E-state index in [2.05, 4.69) is 16.9 Å². The second-order valence-corrected chi connectivity index (χ2v) is 7.00. The number of carbonyl (C=O) groups is 1. The Bertz CT molecular complexity index is 735. The molecule has 26 heavy (non-hydrogen) atoms. The molecule has 3 N–H and O–H groups in total. The Kier molecular flexibility index (Phi) is 5.58. The number of amides is 1. The average Bonchev–Trinajstić information content (AvgIpc) is 3.13. The normalized spacial score (nSPS) is 17.2. The third-order valence-electron chi connectivity index (χ3n) is 5.01. The van der Waals surface area contributed by atoms with Crippen molar-refractivity contribution in [2.24, 2.45) is 5.73 Å². The lowest BCUT2D eigenvalue weighted by molar-refractivity contribution is 0.0653. The first-order chi connectivity index (χ1) is 12.4. The van der Waals surface area contributed by atoms with Crippen molar-refractivity contribution in [3.05, 3.63) is 47.7 Å². The molecule has 1 aliphatic rings. The van der Waals surface area contributed by atoms with Crippen molar-refractivity contribution in [1.29, 1.82) is 0 Å². The number of carbonyl (C=O) groups excluding carboxylic acids is 1. The molecule has 2 aromatic rings. The third-order valence-corrected chi connectivity index (χ3v) is 5.01. The first-order valence-corrected chi connectivity index (χ1v) is 8.88. The molecule has 1 unspecified atom stereocenters. The zero-order chi connectivity index (χ0) is 18.7. The van der Waals surface area contributed by atoms with Gasteiger partial charge in [0.15, 0.2) is 5.69 Å². The van der Waals surface area contributed by atoms with Crippen LogP contribution in [0, 0.1) is 0 Å². The summed E-state index contributed by atoms with van der Waals surface area (Å²) in [6.07, 6.45) is 3.83. The number of benzene rings is 1. The molecule has 7 heteroatoms. The summed E-state index contributed by atoms with van der Waals surface area (Å²) >= 11 is 0. The summed E-state index contributed by atoms with van der Waals surface area (Å²) in [7, 11) is 3.92. The van der Waals surface area contributed by atoms with Crippen LogP contribution in [0.4, 0.5) is 0 Å². The minimum absolute atomic E-state index is 0.133. The minimum atomic E-state index is -0.449. The number of nitrogens with two attached hydrogens (primary N) is 1. The van der Waals surface area contributed by atoms with Crippen LogP contribution in [0.2, 0.25) is 0 Å². The van der Waals surface area contributed by atoms with Crippen molar-refractivity contribution in [2.75, 3.05) is 27.2 Å². The summed E-state index contributed by atoms with van der Waals surface area (Å²) < 4.78 is 5.46. The van der Waals surface area contributed by atoms with Crippen LogP contribution in [0.15, 0.2) is 34.9 Å².